The van der Waals surface area contributed by atoms with E-state index in [1.807, 2.05) is 48.0 Å². The molecule has 2 atom stereocenters. The van der Waals surface area contributed by atoms with Crippen molar-refractivity contribution in [2.45, 2.75) is 82.9 Å². The predicted octanol–water partition coefficient (Wildman–Crippen LogP) is 5.36. The molecule has 3 N–H and O–H groups in total. The van der Waals surface area contributed by atoms with E-state index in [-0.39, 0.29) is 119 Å². The highest BCUT2D eigenvalue weighted by Crippen LogP contribution is 2.30. The van der Waals surface area contributed by atoms with Crippen LogP contribution in [0.1, 0.15) is 110 Å². The number of nitrogens with one attached hydrogen (secondary N) is 3. The minimum Gasteiger partial charge on any atom is -0.489 e. The molecular formula is C74H85N21O14. The van der Waals surface area contributed by atoms with Crippen LogP contribution < -0.4 is 44.9 Å². The number of aldehydes is 3. The maximum absolute atomic E-state index is 12.9. The molecule has 0 radical (unpaired) electrons. The van der Waals surface area contributed by atoms with Gasteiger partial charge in [-0.1, -0.05) is 18.2 Å². The third kappa shape index (κ3) is 21.3. The molecule has 6 aromatic rings. The third-order valence-electron chi connectivity index (χ3n) is 18.8. The maximum atomic E-state index is 12.9. The summed E-state index contributed by atoms with van der Waals surface area (Å²) in [5.41, 5.74) is 3.10. The number of amides is 9. The molecule has 35 heteroatoms. The molecule has 9 amide bonds. The Balaban J connectivity index is 0.000000174. The number of carbonyl (C=O) groups is 9. The molecule has 6 aromatic heterocycles. The number of piperazine rings is 3. The van der Waals surface area contributed by atoms with Crippen LogP contribution in [-0.2, 0) is 43.5 Å². The number of hydrogen-bond donors (Lipinski definition) is 3. The fourth-order valence-corrected chi connectivity index (χ4v) is 12.1. The van der Waals surface area contributed by atoms with Gasteiger partial charge >= 0.3 is 18.1 Å². The van der Waals surface area contributed by atoms with Crippen LogP contribution in [0.2, 0.25) is 0 Å². The highest BCUT2D eigenvalue weighted by molar-refractivity contribution is 6.02. The van der Waals surface area contributed by atoms with E-state index >= 15 is 0 Å². The molecule has 35 nitrogen and oxygen atoms in total. The van der Waals surface area contributed by atoms with Gasteiger partial charge in [0.15, 0.2) is 18.9 Å². The number of urea groups is 3. The van der Waals surface area contributed by atoms with Crippen LogP contribution in [0, 0.1) is 34.0 Å². The van der Waals surface area contributed by atoms with E-state index in [0.717, 1.165) is 64.6 Å². The van der Waals surface area contributed by atoms with E-state index in [1.54, 1.807) is 57.2 Å². The molecule has 6 fully saturated rings. The second-order valence-electron chi connectivity index (χ2n) is 26.7. The molecule has 0 bridgehead atoms. The Bertz CT molecular complexity index is 4470. The number of aromatic nitrogens is 6. The van der Waals surface area contributed by atoms with E-state index < -0.39 is 18.1 Å². The molecule has 1 saturated carbocycles. The van der Waals surface area contributed by atoms with Crippen LogP contribution in [0.3, 0.4) is 0 Å². The molecule has 109 heavy (non-hydrogen) atoms. The summed E-state index contributed by atoms with van der Waals surface area (Å²) in [4.78, 5) is 151. The Kier molecular flexibility index (Phi) is 27.6. The van der Waals surface area contributed by atoms with Crippen molar-refractivity contribution in [1.82, 2.24) is 59.3 Å². The fraction of sp³-hybridized carbons (Fsp3) is 0.432. The molecular weight excluding hydrogens is 1410 g/mol. The van der Waals surface area contributed by atoms with Crippen molar-refractivity contribution in [1.29, 1.82) is 15.8 Å². The van der Waals surface area contributed by atoms with Gasteiger partial charge in [0.1, 0.15) is 117 Å². The van der Waals surface area contributed by atoms with Gasteiger partial charge in [0.05, 0.1) is 56.5 Å². The van der Waals surface area contributed by atoms with Crippen LogP contribution in [0.5, 0.6) is 17.2 Å². The molecule has 5 aliphatic heterocycles. The molecule has 2 unspecified atom stereocenters. The van der Waals surface area contributed by atoms with Crippen molar-refractivity contribution in [3.05, 3.63) is 124 Å². The maximum Gasteiger partial charge on any atom is 0.328 e. The summed E-state index contributed by atoms with van der Waals surface area (Å²) in [6.45, 7) is 7.76. The summed E-state index contributed by atoms with van der Waals surface area (Å²) in [6.07, 6.45) is 12.7. The zero-order chi connectivity index (χ0) is 77.7. The molecule has 0 spiro atoms. The van der Waals surface area contributed by atoms with Crippen LogP contribution in [-0.4, -0.2) is 260 Å². The number of pyridine rings is 6. The summed E-state index contributed by atoms with van der Waals surface area (Å²) in [6, 6.07) is 18.9. The number of nitrogens with zero attached hydrogens (tertiary/aromatic N) is 18. The third-order valence-corrected chi connectivity index (χ3v) is 18.8. The first kappa shape index (κ1) is 79.4. The van der Waals surface area contributed by atoms with Crippen molar-refractivity contribution < 1.29 is 66.8 Å². The predicted molar refractivity (Wildman–Crippen MR) is 394 cm³/mol. The van der Waals surface area contributed by atoms with E-state index in [9.17, 15) is 58.9 Å². The average molecular weight is 1490 g/mol. The molecule has 11 heterocycles. The van der Waals surface area contributed by atoms with Crippen LogP contribution in [0.15, 0.2) is 73.2 Å². The van der Waals surface area contributed by atoms with Crippen LogP contribution >= 0.6 is 0 Å². The highest BCUT2D eigenvalue weighted by atomic mass is 16.5. The van der Waals surface area contributed by atoms with Gasteiger partial charge in [-0.25, -0.2) is 44.3 Å². The first-order chi connectivity index (χ1) is 52.6. The zero-order valence-corrected chi connectivity index (χ0v) is 61.4. The van der Waals surface area contributed by atoms with Gasteiger partial charge in [0, 0.05) is 135 Å². The lowest BCUT2D eigenvalue weighted by atomic mass is 10.1. The minimum atomic E-state index is -0.549. The zero-order valence-electron chi connectivity index (χ0n) is 61.4. The number of likely N-dealkylation sites (N-methyl/N-ethyl adjacent to an activating group) is 3. The van der Waals surface area contributed by atoms with Crippen molar-refractivity contribution in [3.63, 3.8) is 0 Å². The SMILES string of the molecule is CN1CCN(Cc2ccc(N(C)C(=O)Nc3cc(OC4CCCC4)c(C#N)cn3)nc2C=O)C(=O)C1.CN1CCN(Cc2ccc(N(C)C(=O)Nc3cc(OCC4CCCO4)c(C#N)cn3)nc2C=O)C(=O)C1.CN1CCN(Cc2ccc(N(C)C(=O)Nc3cc(OCC4CCO4)c(C#N)cn3)nc2C=O)C(=O)C1. The standard InChI is InChI=1S/C25H29N7O5.C25H29N7O4.C24H27N7O5/c1-30-7-8-32(24(34)14-30)13-17-5-6-23(28-20(17)15-33)31(2)25(35)29-22-10-21(18(11-26)12-27-22)37-16-19-4-3-9-36-19;1-30-9-10-32(24(34)15-30)14-17-7-8-23(28-20(17)16-33)31(2)25(35)29-22-11-21(18(12-26)13-27-22)36-19-5-3-4-6-19;1-29-6-7-31(23(33)13-29)12-16-3-4-22(27-19(16)14-32)30(2)24(34)28-21-9-20(17(10-25)11-26-21)36-15-18-5-8-35-18/h5-6,10,12,15,19H,3-4,7-9,13-14,16H2,1-2H3,(H,27,29,35);7-8,11,13,16,19H,3-6,9-10,14-15H2,1-2H3,(H,27,29,35);3-4,9,11,14,18H,5-8,12-13,15H2,1-2H3,(H,26,28,34). The Hall–Kier alpha value is -12.2. The lowest BCUT2D eigenvalue weighted by Crippen LogP contribution is -2.48. The summed E-state index contributed by atoms with van der Waals surface area (Å²) in [7, 11) is 10.2. The lowest BCUT2D eigenvalue weighted by Gasteiger charge is -2.32. The van der Waals surface area contributed by atoms with Gasteiger partial charge in [-0.2, -0.15) is 15.8 Å². The average Bonchev–Trinajstić information content (AvgIpc) is 1.29. The fourth-order valence-electron chi connectivity index (χ4n) is 12.1. The number of anilines is 6. The molecule has 570 valence electrons. The van der Waals surface area contributed by atoms with E-state index in [4.69, 9.17) is 23.7 Å². The summed E-state index contributed by atoms with van der Waals surface area (Å²) >= 11 is 0. The Labute approximate surface area is 629 Å². The van der Waals surface area contributed by atoms with E-state index in [2.05, 4.69) is 51.9 Å². The van der Waals surface area contributed by atoms with Crippen molar-refractivity contribution in [3.8, 4) is 35.5 Å². The first-order valence-electron chi connectivity index (χ1n) is 35.4. The van der Waals surface area contributed by atoms with Gasteiger partial charge in [-0.15, -0.1) is 0 Å². The summed E-state index contributed by atoms with van der Waals surface area (Å²) in [5.74, 6) is 2.33. The smallest absolute Gasteiger partial charge is 0.328 e. The topological polar surface area (TPSA) is 414 Å². The minimum absolute atomic E-state index is 0.00707. The monoisotopic (exact) mass is 1490 g/mol. The van der Waals surface area contributed by atoms with Gasteiger partial charge in [0.25, 0.3) is 0 Å². The van der Waals surface area contributed by atoms with E-state index in [1.165, 1.54) is 66.6 Å². The molecule has 1 aliphatic carbocycles. The normalized spacial score (nSPS) is 17.3. The van der Waals surface area contributed by atoms with E-state index in [0.29, 0.717) is 124 Å². The van der Waals surface area contributed by atoms with Gasteiger partial charge in [-0.05, 0) is 77.9 Å². The number of hydrogen-bond acceptors (Lipinski definition) is 26. The molecule has 5 saturated heterocycles. The van der Waals surface area contributed by atoms with Crippen molar-refractivity contribution >= 4 is 89.6 Å². The molecule has 12 rings (SSSR count). The highest BCUT2D eigenvalue weighted by Gasteiger charge is 2.29. The largest absolute Gasteiger partial charge is 0.489 e. The second-order valence-corrected chi connectivity index (χ2v) is 26.7. The first-order valence-corrected chi connectivity index (χ1v) is 35.4. The van der Waals surface area contributed by atoms with Crippen LogP contribution in [0.4, 0.5) is 49.3 Å². The Morgan fingerprint density at radius 3 is 1.15 bits per heavy atom. The molecule has 0 aromatic carbocycles. The Morgan fingerprint density at radius 1 is 0.495 bits per heavy atom. The summed E-state index contributed by atoms with van der Waals surface area (Å²) in [5, 5.41) is 36.0. The second kappa shape index (κ2) is 37.9. The number of carbonyl (C=O) groups excluding carboxylic acids is 9. The van der Waals surface area contributed by atoms with Gasteiger partial charge in [-0.3, -0.25) is 74.1 Å². The lowest BCUT2D eigenvalue weighted by molar-refractivity contribution is -0.136. The number of ether oxygens (including phenoxy) is 5. The number of rotatable bonds is 23. The van der Waals surface area contributed by atoms with Crippen LogP contribution in [0.25, 0.3) is 0 Å². The number of nitriles is 3. The van der Waals surface area contributed by atoms with Crippen molar-refractivity contribution in [2.24, 2.45) is 0 Å². The summed E-state index contributed by atoms with van der Waals surface area (Å²) < 4.78 is 28.3. The quantitative estimate of drug-likeness (QED) is 0.0680. The Morgan fingerprint density at radius 2 is 0.835 bits per heavy atom. The van der Waals surface area contributed by atoms with Crippen molar-refractivity contribution in [2.75, 3.05) is 158 Å². The molecule has 6 aliphatic rings. The van der Waals surface area contributed by atoms with Gasteiger partial charge in [0.2, 0.25) is 17.7 Å². The van der Waals surface area contributed by atoms with Gasteiger partial charge < -0.3 is 38.4 Å².